The molecule has 1 atom stereocenters. The van der Waals surface area contributed by atoms with Crippen molar-refractivity contribution in [2.75, 3.05) is 0 Å². The third-order valence-electron chi connectivity index (χ3n) is 3.81. The molecule has 0 saturated carbocycles. The van der Waals surface area contributed by atoms with Gasteiger partial charge in [-0.05, 0) is 37.0 Å². The standard InChI is InChI=1S/C16H20ClN3/c1-5-16(3,4)10-20-14-8-12(9-18)6-7-13(14)19-15(20)11(2)17/h6-8,11H,5,10H2,1-4H3. The highest BCUT2D eigenvalue weighted by molar-refractivity contribution is 6.20. The van der Waals surface area contributed by atoms with Gasteiger partial charge >= 0.3 is 0 Å². The van der Waals surface area contributed by atoms with E-state index in [1.54, 1.807) is 6.07 Å². The van der Waals surface area contributed by atoms with Crippen molar-refractivity contribution in [3.8, 4) is 6.07 Å². The van der Waals surface area contributed by atoms with Crippen LogP contribution in [0.15, 0.2) is 18.2 Å². The van der Waals surface area contributed by atoms with Gasteiger partial charge in [0.2, 0.25) is 0 Å². The summed E-state index contributed by atoms with van der Waals surface area (Å²) in [5.74, 6) is 0.873. The molecule has 0 bridgehead atoms. The summed E-state index contributed by atoms with van der Waals surface area (Å²) in [6, 6.07) is 7.78. The Balaban J connectivity index is 2.64. The predicted octanol–water partition coefficient (Wildman–Crippen LogP) is 4.64. The first-order chi connectivity index (χ1) is 9.38. The topological polar surface area (TPSA) is 41.6 Å². The first kappa shape index (κ1) is 14.9. The highest BCUT2D eigenvalue weighted by atomic mass is 35.5. The number of rotatable bonds is 4. The third kappa shape index (κ3) is 2.81. The Bertz CT molecular complexity index is 662. The zero-order valence-electron chi connectivity index (χ0n) is 12.4. The van der Waals surface area contributed by atoms with E-state index in [0.717, 1.165) is 29.8 Å². The van der Waals surface area contributed by atoms with Gasteiger partial charge in [0, 0.05) is 6.54 Å². The van der Waals surface area contributed by atoms with Crippen molar-refractivity contribution in [3.05, 3.63) is 29.6 Å². The molecule has 0 spiro atoms. The number of hydrogen-bond acceptors (Lipinski definition) is 2. The molecule has 0 N–H and O–H groups in total. The fourth-order valence-electron chi connectivity index (χ4n) is 2.22. The molecule has 0 fully saturated rings. The van der Waals surface area contributed by atoms with Crippen LogP contribution in [-0.2, 0) is 6.54 Å². The van der Waals surface area contributed by atoms with Crippen LogP contribution >= 0.6 is 11.6 Å². The average Bonchev–Trinajstić information content (AvgIpc) is 2.76. The van der Waals surface area contributed by atoms with Crippen molar-refractivity contribution >= 4 is 22.6 Å². The Hall–Kier alpha value is -1.53. The smallest absolute Gasteiger partial charge is 0.127 e. The molecule has 106 valence electrons. The van der Waals surface area contributed by atoms with E-state index in [4.69, 9.17) is 16.9 Å². The molecule has 4 heteroatoms. The van der Waals surface area contributed by atoms with E-state index in [0.29, 0.717) is 5.56 Å². The van der Waals surface area contributed by atoms with Gasteiger partial charge in [0.05, 0.1) is 28.0 Å². The molecule has 2 aromatic rings. The van der Waals surface area contributed by atoms with Gasteiger partial charge < -0.3 is 4.57 Å². The summed E-state index contributed by atoms with van der Waals surface area (Å²) in [7, 11) is 0. The molecule has 0 amide bonds. The van der Waals surface area contributed by atoms with Crippen LogP contribution in [0.2, 0.25) is 0 Å². The second kappa shape index (κ2) is 5.46. The van der Waals surface area contributed by atoms with E-state index in [2.05, 4.69) is 36.4 Å². The molecule has 0 aliphatic heterocycles. The SMILES string of the molecule is CCC(C)(C)Cn1c(C(C)Cl)nc2ccc(C#N)cc21. The van der Waals surface area contributed by atoms with Crippen molar-refractivity contribution in [1.29, 1.82) is 5.26 Å². The third-order valence-corrected chi connectivity index (χ3v) is 4.00. The number of alkyl halides is 1. The quantitative estimate of drug-likeness (QED) is 0.769. The Morgan fingerprint density at radius 1 is 1.45 bits per heavy atom. The largest absolute Gasteiger partial charge is 0.326 e. The van der Waals surface area contributed by atoms with Gasteiger partial charge in [0.15, 0.2) is 0 Å². The molecule has 1 aromatic heterocycles. The number of nitriles is 1. The maximum atomic E-state index is 9.08. The fraction of sp³-hybridized carbons (Fsp3) is 0.500. The Morgan fingerprint density at radius 2 is 2.15 bits per heavy atom. The lowest BCUT2D eigenvalue weighted by Crippen LogP contribution is -2.20. The molecule has 0 saturated heterocycles. The van der Waals surface area contributed by atoms with Gasteiger partial charge in [-0.1, -0.05) is 20.8 Å². The molecule has 3 nitrogen and oxygen atoms in total. The van der Waals surface area contributed by atoms with Crippen molar-refractivity contribution < 1.29 is 0 Å². The number of aromatic nitrogens is 2. The second-order valence-corrected chi connectivity index (χ2v) is 6.66. The molecule has 0 aliphatic rings. The second-order valence-electron chi connectivity index (χ2n) is 6.01. The van der Waals surface area contributed by atoms with Crippen LogP contribution in [0.3, 0.4) is 0 Å². The van der Waals surface area contributed by atoms with Crippen LogP contribution in [0.5, 0.6) is 0 Å². The first-order valence-electron chi connectivity index (χ1n) is 6.92. The normalized spacial score (nSPS) is 13.4. The van der Waals surface area contributed by atoms with E-state index in [-0.39, 0.29) is 10.8 Å². The summed E-state index contributed by atoms with van der Waals surface area (Å²) in [6.07, 6.45) is 1.07. The number of fused-ring (bicyclic) bond motifs is 1. The number of benzene rings is 1. The van der Waals surface area contributed by atoms with Crippen molar-refractivity contribution in [1.82, 2.24) is 9.55 Å². The van der Waals surface area contributed by atoms with Crippen LogP contribution in [0, 0.1) is 16.7 Å². The molecule has 2 rings (SSSR count). The molecule has 20 heavy (non-hydrogen) atoms. The minimum atomic E-state index is -0.152. The maximum Gasteiger partial charge on any atom is 0.127 e. The minimum Gasteiger partial charge on any atom is -0.326 e. The Labute approximate surface area is 125 Å². The van der Waals surface area contributed by atoms with Gasteiger partial charge in [-0.2, -0.15) is 5.26 Å². The van der Waals surface area contributed by atoms with Gasteiger partial charge in [-0.3, -0.25) is 0 Å². The summed E-state index contributed by atoms with van der Waals surface area (Å²) in [5.41, 5.74) is 2.71. The number of hydrogen-bond donors (Lipinski definition) is 0. The minimum absolute atomic E-state index is 0.152. The van der Waals surface area contributed by atoms with E-state index < -0.39 is 0 Å². The molecule has 0 aliphatic carbocycles. The van der Waals surface area contributed by atoms with Crippen molar-refractivity contribution in [2.45, 2.75) is 46.0 Å². The van der Waals surface area contributed by atoms with Crippen LogP contribution in [0.4, 0.5) is 0 Å². The summed E-state index contributed by atoms with van der Waals surface area (Å²) in [6.45, 7) is 9.43. The summed E-state index contributed by atoms with van der Waals surface area (Å²) in [5, 5.41) is 8.92. The zero-order chi connectivity index (χ0) is 14.9. The summed E-state index contributed by atoms with van der Waals surface area (Å²) >= 11 is 6.28. The fourth-order valence-corrected chi connectivity index (χ4v) is 2.39. The predicted molar refractivity (Wildman–Crippen MR) is 82.8 cm³/mol. The van der Waals surface area contributed by atoms with Gasteiger partial charge in [0.1, 0.15) is 5.82 Å². The highest BCUT2D eigenvalue weighted by Crippen LogP contribution is 2.30. The van der Waals surface area contributed by atoms with Crippen molar-refractivity contribution in [3.63, 3.8) is 0 Å². The summed E-state index contributed by atoms with van der Waals surface area (Å²) < 4.78 is 2.16. The maximum absolute atomic E-state index is 9.08. The van der Waals surface area contributed by atoms with E-state index in [1.807, 2.05) is 19.1 Å². The van der Waals surface area contributed by atoms with Gasteiger partial charge in [0.25, 0.3) is 0 Å². The summed E-state index contributed by atoms with van der Waals surface area (Å²) in [4.78, 5) is 4.63. The molecule has 1 heterocycles. The molecule has 0 radical (unpaired) electrons. The van der Waals surface area contributed by atoms with Crippen LogP contribution in [0.25, 0.3) is 11.0 Å². The lowest BCUT2D eigenvalue weighted by molar-refractivity contribution is 0.294. The number of halogens is 1. The lowest BCUT2D eigenvalue weighted by Gasteiger charge is -2.25. The molecule has 1 unspecified atom stereocenters. The number of imidazole rings is 1. The van der Waals surface area contributed by atoms with Crippen molar-refractivity contribution in [2.24, 2.45) is 5.41 Å². The van der Waals surface area contributed by atoms with E-state index in [9.17, 15) is 0 Å². The van der Waals surface area contributed by atoms with E-state index >= 15 is 0 Å². The van der Waals surface area contributed by atoms with Gasteiger partial charge in [-0.25, -0.2) is 4.98 Å². The Kier molecular flexibility index (Phi) is 4.06. The van der Waals surface area contributed by atoms with Gasteiger partial charge in [-0.15, -0.1) is 11.6 Å². The highest BCUT2D eigenvalue weighted by Gasteiger charge is 2.22. The lowest BCUT2D eigenvalue weighted by atomic mass is 9.90. The first-order valence-corrected chi connectivity index (χ1v) is 7.36. The molecule has 1 aromatic carbocycles. The molecular formula is C16H20ClN3. The van der Waals surface area contributed by atoms with E-state index in [1.165, 1.54) is 0 Å². The molecular weight excluding hydrogens is 270 g/mol. The van der Waals surface area contributed by atoms with Crippen LogP contribution in [0.1, 0.15) is 50.9 Å². The van der Waals surface area contributed by atoms with Crippen LogP contribution < -0.4 is 0 Å². The average molecular weight is 290 g/mol. The zero-order valence-corrected chi connectivity index (χ0v) is 13.2. The monoisotopic (exact) mass is 289 g/mol. The number of nitrogens with zero attached hydrogens (tertiary/aromatic N) is 3. The van der Waals surface area contributed by atoms with Crippen LogP contribution in [-0.4, -0.2) is 9.55 Å². The Morgan fingerprint density at radius 3 is 2.70 bits per heavy atom.